The van der Waals surface area contributed by atoms with Crippen molar-refractivity contribution in [2.45, 2.75) is 19.3 Å². The standard InChI is InChI=1S/C21H24N4O3/c1-14-9-17(5-6-23(14)13-26)25-7-8-28-19-10-18(22-20(19)25)21(27)24-11-15-3-2-4-16(15)12-24/h5-6,9-10,13,15-16,22H,1-4,7-8,11-12H2. The number of carbonyl (C=O) groups excluding carboxylic acids is 2. The van der Waals surface area contributed by atoms with E-state index in [9.17, 15) is 9.59 Å². The van der Waals surface area contributed by atoms with Crippen molar-refractivity contribution in [3.8, 4) is 5.75 Å². The van der Waals surface area contributed by atoms with E-state index in [2.05, 4.69) is 16.5 Å². The molecule has 7 heteroatoms. The number of anilines is 1. The van der Waals surface area contributed by atoms with Gasteiger partial charge in [-0.3, -0.25) is 14.5 Å². The lowest BCUT2D eigenvalue weighted by Gasteiger charge is -2.31. The fourth-order valence-electron chi connectivity index (χ4n) is 4.85. The molecule has 2 unspecified atom stereocenters. The van der Waals surface area contributed by atoms with Crippen molar-refractivity contribution >= 4 is 18.1 Å². The van der Waals surface area contributed by atoms with Gasteiger partial charge in [-0.15, -0.1) is 0 Å². The van der Waals surface area contributed by atoms with Gasteiger partial charge >= 0.3 is 0 Å². The summed E-state index contributed by atoms with van der Waals surface area (Å²) in [6.45, 7) is 6.84. The van der Waals surface area contributed by atoms with Gasteiger partial charge < -0.3 is 19.5 Å². The summed E-state index contributed by atoms with van der Waals surface area (Å²) >= 11 is 0. The molecular weight excluding hydrogens is 356 g/mol. The number of carbonyl (C=O) groups is 2. The van der Waals surface area contributed by atoms with Crippen LogP contribution in [0.1, 0.15) is 29.8 Å². The second-order valence-corrected chi connectivity index (χ2v) is 7.95. The molecule has 5 rings (SSSR count). The first-order valence-corrected chi connectivity index (χ1v) is 9.89. The molecule has 1 aliphatic carbocycles. The second-order valence-electron chi connectivity index (χ2n) is 7.95. The molecule has 1 N–H and O–H groups in total. The van der Waals surface area contributed by atoms with Crippen LogP contribution in [0.4, 0.5) is 5.82 Å². The first kappa shape index (κ1) is 17.2. The highest BCUT2D eigenvalue weighted by Gasteiger charge is 2.39. The number of ether oxygens (including phenoxy) is 1. The van der Waals surface area contributed by atoms with Gasteiger partial charge in [-0.1, -0.05) is 13.0 Å². The van der Waals surface area contributed by atoms with Crippen molar-refractivity contribution in [3.63, 3.8) is 0 Å². The van der Waals surface area contributed by atoms with Crippen molar-refractivity contribution in [2.75, 3.05) is 31.1 Å². The van der Waals surface area contributed by atoms with E-state index < -0.39 is 0 Å². The molecule has 0 aromatic carbocycles. The van der Waals surface area contributed by atoms with Crippen molar-refractivity contribution < 1.29 is 14.3 Å². The molecule has 7 nitrogen and oxygen atoms in total. The summed E-state index contributed by atoms with van der Waals surface area (Å²) in [5.41, 5.74) is 2.09. The van der Waals surface area contributed by atoms with Crippen LogP contribution in [0.2, 0.25) is 0 Å². The lowest BCUT2D eigenvalue weighted by atomic mass is 10.0. The van der Waals surface area contributed by atoms with E-state index in [-0.39, 0.29) is 5.91 Å². The van der Waals surface area contributed by atoms with Crippen LogP contribution in [-0.4, -0.2) is 53.3 Å². The molecule has 4 heterocycles. The first-order valence-electron chi connectivity index (χ1n) is 9.89. The number of hydrogen-bond acceptors (Lipinski definition) is 4. The zero-order valence-electron chi connectivity index (χ0n) is 15.8. The lowest BCUT2D eigenvalue weighted by molar-refractivity contribution is -0.114. The third-order valence-corrected chi connectivity index (χ3v) is 6.33. The average Bonchev–Trinajstić information content (AvgIpc) is 3.41. The molecule has 4 aliphatic rings. The first-order chi connectivity index (χ1) is 13.6. The highest BCUT2D eigenvalue weighted by Crippen LogP contribution is 2.40. The molecule has 28 heavy (non-hydrogen) atoms. The summed E-state index contributed by atoms with van der Waals surface area (Å²) in [4.78, 5) is 32.8. The maximum absolute atomic E-state index is 13.0. The molecule has 146 valence electrons. The number of likely N-dealkylation sites (tertiary alicyclic amines) is 1. The summed E-state index contributed by atoms with van der Waals surface area (Å²) in [7, 11) is 0. The van der Waals surface area contributed by atoms with Gasteiger partial charge in [0.2, 0.25) is 6.41 Å². The molecule has 3 aliphatic heterocycles. The van der Waals surface area contributed by atoms with Crippen LogP contribution < -0.4 is 9.64 Å². The molecular formula is C21H24N4O3. The highest BCUT2D eigenvalue weighted by molar-refractivity contribution is 5.94. The Balaban J connectivity index is 1.39. The largest absolute Gasteiger partial charge is 0.488 e. The third-order valence-electron chi connectivity index (χ3n) is 6.33. The number of amides is 2. The van der Waals surface area contributed by atoms with E-state index in [4.69, 9.17) is 4.74 Å². The van der Waals surface area contributed by atoms with Gasteiger partial charge in [0.1, 0.15) is 12.3 Å². The van der Waals surface area contributed by atoms with E-state index in [0.29, 0.717) is 42.1 Å². The van der Waals surface area contributed by atoms with E-state index >= 15 is 0 Å². The van der Waals surface area contributed by atoms with Crippen molar-refractivity contribution in [1.29, 1.82) is 0 Å². The van der Waals surface area contributed by atoms with Gasteiger partial charge in [-0.25, -0.2) is 0 Å². The summed E-state index contributed by atoms with van der Waals surface area (Å²) in [6.07, 6.45) is 9.93. The minimum absolute atomic E-state index is 0.0528. The fraction of sp³-hybridized carbons (Fsp3) is 0.429. The van der Waals surface area contributed by atoms with Crippen LogP contribution in [-0.2, 0) is 4.79 Å². The molecule has 2 fully saturated rings. The maximum atomic E-state index is 13.0. The van der Waals surface area contributed by atoms with E-state index in [1.807, 2.05) is 23.1 Å². The van der Waals surface area contributed by atoms with Gasteiger partial charge in [0.25, 0.3) is 5.91 Å². The molecule has 1 aromatic rings. The number of nitrogens with one attached hydrogen (secondary N) is 1. The number of allylic oxidation sites excluding steroid dienone is 2. The normalized spacial score (nSPS) is 26.1. The Bertz CT molecular complexity index is 887. The van der Waals surface area contributed by atoms with Crippen LogP contribution in [0, 0.1) is 11.8 Å². The SMILES string of the molecule is C=C1C=C(N2CCOc3cc(C(=O)N4CC5CCCC5C4)[nH]c32)C=CN1C=O. The summed E-state index contributed by atoms with van der Waals surface area (Å²) in [5.74, 6) is 2.86. The van der Waals surface area contributed by atoms with Gasteiger partial charge in [-0.05, 0) is 36.8 Å². The Morgan fingerprint density at radius 2 is 2.07 bits per heavy atom. The van der Waals surface area contributed by atoms with E-state index in [1.165, 1.54) is 24.2 Å². The van der Waals surface area contributed by atoms with Crippen molar-refractivity contribution in [3.05, 3.63) is 48.1 Å². The van der Waals surface area contributed by atoms with E-state index in [1.54, 1.807) is 6.20 Å². The Hall–Kier alpha value is -2.96. The molecule has 0 radical (unpaired) electrons. The number of nitrogens with zero attached hydrogens (tertiary/aromatic N) is 3. The molecule has 0 spiro atoms. The van der Waals surface area contributed by atoms with Crippen LogP contribution in [0.25, 0.3) is 0 Å². The van der Waals surface area contributed by atoms with Gasteiger partial charge in [0.05, 0.1) is 6.54 Å². The number of rotatable bonds is 3. The van der Waals surface area contributed by atoms with Crippen molar-refractivity contribution in [1.82, 2.24) is 14.8 Å². The molecule has 1 saturated carbocycles. The van der Waals surface area contributed by atoms with E-state index in [0.717, 1.165) is 31.0 Å². The van der Waals surface area contributed by atoms with Crippen LogP contribution in [0.3, 0.4) is 0 Å². The number of aromatic amines is 1. The summed E-state index contributed by atoms with van der Waals surface area (Å²) < 4.78 is 5.80. The topological polar surface area (TPSA) is 68.9 Å². The molecule has 1 aromatic heterocycles. The van der Waals surface area contributed by atoms with Crippen molar-refractivity contribution in [2.24, 2.45) is 11.8 Å². The maximum Gasteiger partial charge on any atom is 0.270 e. The molecule has 2 atom stereocenters. The second kappa shape index (κ2) is 6.58. The lowest BCUT2D eigenvalue weighted by Crippen LogP contribution is -2.33. The Morgan fingerprint density at radius 1 is 1.29 bits per heavy atom. The molecule has 0 bridgehead atoms. The Labute approximate surface area is 163 Å². The van der Waals surface area contributed by atoms with Crippen LogP contribution >= 0.6 is 0 Å². The highest BCUT2D eigenvalue weighted by atomic mass is 16.5. The summed E-state index contributed by atoms with van der Waals surface area (Å²) in [6, 6.07) is 1.82. The van der Waals surface area contributed by atoms with Gasteiger partial charge in [0.15, 0.2) is 11.6 Å². The quantitative estimate of drug-likeness (QED) is 0.818. The minimum Gasteiger partial charge on any atom is -0.488 e. The number of hydrogen-bond donors (Lipinski definition) is 1. The monoisotopic (exact) mass is 380 g/mol. The predicted molar refractivity (Wildman–Crippen MR) is 105 cm³/mol. The number of aromatic nitrogens is 1. The van der Waals surface area contributed by atoms with Gasteiger partial charge in [-0.2, -0.15) is 0 Å². The van der Waals surface area contributed by atoms with Crippen LogP contribution in [0.15, 0.2) is 42.4 Å². The summed E-state index contributed by atoms with van der Waals surface area (Å²) in [5, 5.41) is 0. The van der Waals surface area contributed by atoms with Crippen LogP contribution in [0.5, 0.6) is 5.75 Å². The fourth-order valence-corrected chi connectivity index (χ4v) is 4.85. The number of fused-ring (bicyclic) bond motifs is 2. The minimum atomic E-state index is 0.0528. The number of H-pyrrole nitrogens is 1. The Morgan fingerprint density at radius 3 is 2.79 bits per heavy atom. The van der Waals surface area contributed by atoms with Gasteiger partial charge in [0, 0.05) is 36.7 Å². The third kappa shape index (κ3) is 2.73. The molecule has 1 saturated heterocycles. The Kier molecular flexibility index (Phi) is 4.03. The predicted octanol–water partition coefficient (Wildman–Crippen LogP) is 2.47. The molecule has 2 amide bonds. The zero-order chi connectivity index (χ0) is 19.3. The average molecular weight is 380 g/mol. The smallest absolute Gasteiger partial charge is 0.270 e. The zero-order valence-corrected chi connectivity index (χ0v) is 15.8.